The molecule has 128 valence electrons. The molecule has 3 atom stereocenters. The van der Waals surface area contributed by atoms with E-state index < -0.39 is 0 Å². The van der Waals surface area contributed by atoms with Gasteiger partial charge in [-0.05, 0) is 69.7 Å². The summed E-state index contributed by atoms with van der Waals surface area (Å²) in [5, 5.41) is 0. The van der Waals surface area contributed by atoms with Crippen molar-refractivity contribution in [3.63, 3.8) is 0 Å². The van der Waals surface area contributed by atoms with Crippen LogP contribution in [-0.2, 0) is 0 Å². The molecule has 0 saturated carbocycles. The Balaban J connectivity index is 4.55. The number of rotatable bonds is 12. The standard InChI is InChI=1S/C20H43N/c1-9-11-20(15-21(12-10-2)17(5)6)19(8)14-18(7)13-16(3)4/h16-20H,9-15H2,1-8H3/t18?,19?,20-/m0/s1. The van der Waals surface area contributed by atoms with Crippen LogP contribution in [0.3, 0.4) is 0 Å². The van der Waals surface area contributed by atoms with Gasteiger partial charge in [0.15, 0.2) is 0 Å². The third-order valence-corrected chi connectivity index (χ3v) is 4.82. The minimum absolute atomic E-state index is 0.685. The van der Waals surface area contributed by atoms with Gasteiger partial charge in [0.1, 0.15) is 0 Å². The average molecular weight is 298 g/mol. The highest BCUT2D eigenvalue weighted by Crippen LogP contribution is 2.28. The SMILES string of the molecule is CCC[C@@H](CN(CCC)C(C)C)C(C)CC(C)CC(C)C. The van der Waals surface area contributed by atoms with E-state index in [1.54, 1.807) is 0 Å². The Kier molecular flexibility index (Phi) is 11.5. The lowest BCUT2D eigenvalue weighted by Gasteiger charge is -2.34. The molecule has 0 aliphatic rings. The van der Waals surface area contributed by atoms with Gasteiger partial charge >= 0.3 is 0 Å². The van der Waals surface area contributed by atoms with E-state index in [1.165, 1.54) is 45.2 Å². The molecule has 0 radical (unpaired) electrons. The lowest BCUT2D eigenvalue weighted by molar-refractivity contribution is 0.143. The van der Waals surface area contributed by atoms with Gasteiger partial charge in [-0.3, -0.25) is 0 Å². The Morgan fingerprint density at radius 3 is 1.86 bits per heavy atom. The molecule has 21 heavy (non-hydrogen) atoms. The molecule has 0 saturated heterocycles. The first-order chi connectivity index (χ1) is 9.81. The molecule has 0 aliphatic heterocycles. The van der Waals surface area contributed by atoms with Crippen LogP contribution in [-0.4, -0.2) is 24.0 Å². The summed E-state index contributed by atoms with van der Waals surface area (Å²) in [5.74, 6) is 3.44. The average Bonchev–Trinajstić information content (AvgIpc) is 2.35. The van der Waals surface area contributed by atoms with Crippen LogP contribution < -0.4 is 0 Å². The van der Waals surface area contributed by atoms with Crippen LogP contribution in [0.4, 0.5) is 0 Å². The predicted molar refractivity (Wildman–Crippen MR) is 97.8 cm³/mol. The second kappa shape index (κ2) is 11.5. The molecular formula is C20H43N. The Labute approximate surface area is 135 Å². The largest absolute Gasteiger partial charge is 0.301 e. The van der Waals surface area contributed by atoms with Crippen molar-refractivity contribution >= 4 is 0 Å². The minimum Gasteiger partial charge on any atom is -0.301 e. The molecule has 0 bridgehead atoms. The van der Waals surface area contributed by atoms with Crippen LogP contribution in [0.15, 0.2) is 0 Å². The molecule has 0 heterocycles. The Morgan fingerprint density at radius 2 is 1.43 bits per heavy atom. The summed E-state index contributed by atoms with van der Waals surface area (Å²) >= 11 is 0. The molecular weight excluding hydrogens is 254 g/mol. The van der Waals surface area contributed by atoms with Crippen molar-refractivity contribution < 1.29 is 0 Å². The molecule has 0 aromatic rings. The highest BCUT2D eigenvalue weighted by Gasteiger charge is 2.22. The number of nitrogens with zero attached hydrogens (tertiary/aromatic N) is 1. The summed E-state index contributed by atoms with van der Waals surface area (Å²) in [6.45, 7) is 21.6. The molecule has 1 nitrogen and oxygen atoms in total. The van der Waals surface area contributed by atoms with Crippen LogP contribution in [0, 0.1) is 23.7 Å². The van der Waals surface area contributed by atoms with Gasteiger partial charge in [0.05, 0.1) is 0 Å². The first-order valence-corrected chi connectivity index (χ1v) is 9.55. The molecule has 1 heteroatoms. The van der Waals surface area contributed by atoms with E-state index in [9.17, 15) is 0 Å². The summed E-state index contributed by atoms with van der Waals surface area (Å²) in [6.07, 6.45) is 6.77. The second-order valence-electron chi connectivity index (χ2n) is 8.09. The van der Waals surface area contributed by atoms with Crippen LogP contribution >= 0.6 is 0 Å². The third-order valence-electron chi connectivity index (χ3n) is 4.82. The fourth-order valence-corrected chi connectivity index (χ4v) is 3.80. The Morgan fingerprint density at radius 1 is 0.810 bits per heavy atom. The van der Waals surface area contributed by atoms with Crippen molar-refractivity contribution in [1.82, 2.24) is 4.90 Å². The van der Waals surface area contributed by atoms with Crippen molar-refractivity contribution in [2.45, 2.75) is 93.5 Å². The summed E-state index contributed by atoms with van der Waals surface area (Å²) in [6, 6.07) is 0.685. The van der Waals surface area contributed by atoms with Crippen molar-refractivity contribution in [2.75, 3.05) is 13.1 Å². The van der Waals surface area contributed by atoms with Gasteiger partial charge in [0.2, 0.25) is 0 Å². The molecule has 0 N–H and O–H groups in total. The van der Waals surface area contributed by atoms with Crippen LogP contribution in [0.1, 0.15) is 87.5 Å². The van der Waals surface area contributed by atoms with Crippen molar-refractivity contribution in [2.24, 2.45) is 23.7 Å². The molecule has 0 amide bonds. The number of hydrogen-bond acceptors (Lipinski definition) is 1. The van der Waals surface area contributed by atoms with Gasteiger partial charge in [-0.1, -0.05) is 48.0 Å². The Bertz CT molecular complexity index is 234. The normalized spacial score (nSPS) is 16.7. The molecule has 0 aliphatic carbocycles. The lowest BCUT2D eigenvalue weighted by atomic mass is 9.81. The molecule has 0 aromatic carbocycles. The fraction of sp³-hybridized carbons (Fsp3) is 1.00. The molecule has 2 unspecified atom stereocenters. The number of hydrogen-bond donors (Lipinski definition) is 0. The van der Waals surface area contributed by atoms with Crippen molar-refractivity contribution in [3.8, 4) is 0 Å². The predicted octanol–water partition coefficient (Wildman–Crippen LogP) is 6.23. The summed E-state index contributed by atoms with van der Waals surface area (Å²) < 4.78 is 0. The topological polar surface area (TPSA) is 3.24 Å². The second-order valence-corrected chi connectivity index (χ2v) is 8.09. The van der Waals surface area contributed by atoms with Crippen LogP contribution in [0.2, 0.25) is 0 Å². The zero-order valence-corrected chi connectivity index (χ0v) is 16.3. The first kappa shape index (κ1) is 21.0. The summed E-state index contributed by atoms with van der Waals surface area (Å²) in [4.78, 5) is 2.70. The maximum absolute atomic E-state index is 2.70. The van der Waals surface area contributed by atoms with Gasteiger partial charge in [-0.15, -0.1) is 0 Å². The van der Waals surface area contributed by atoms with E-state index in [-0.39, 0.29) is 0 Å². The quantitative estimate of drug-likeness (QED) is 0.412. The van der Waals surface area contributed by atoms with Gasteiger partial charge in [-0.2, -0.15) is 0 Å². The lowest BCUT2D eigenvalue weighted by Crippen LogP contribution is -2.38. The zero-order chi connectivity index (χ0) is 16.4. The molecule has 0 rings (SSSR count). The maximum Gasteiger partial charge on any atom is 0.00387 e. The Hall–Kier alpha value is -0.0400. The highest BCUT2D eigenvalue weighted by atomic mass is 15.1. The molecule has 0 fully saturated rings. The van der Waals surface area contributed by atoms with E-state index in [1.807, 2.05) is 0 Å². The van der Waals surface area contributed by atoms with Crippen LogP contribution in [0.5, 0.6) is 0 Å². The maximum atomic E-state index is 2.70. The fourth-order valence-electron chi connectivity index (χ4n) is 3.80. The summed E-state index contributed by atoms with van der Waals surface area (Å²) in [7, 11) is 0. The van der Waals surface area contributed by atoms with Crippen molar-refractivity contribution in [3.05, 3.63) is 0 Å². The van der Waals surface area contributed by atoms with E-state index in [2.05, 4.69) is 60.3 Å². The highest BCUT2D eigenvalue weighted by molar-refractivity contribution is 4.75. The smallest absolute Gasteiger partial charge is 0.00387 e. The minimum atomic E-state index is 0.685. The molecule has 0 spiro atoms. The third kappa shape index (κ3) is 9.55. The van der Waals surface area contributed by atoms with Crippen molar-refractivity contribution in [1.29, 1.82) is 0 Å². The van der Waals surface area contributed by atoms with E-state index in [4.69, 9.17) is 0 Å². The molecule has 0 aromatic heterocycles. The van der Waals surface area contributed by atoms with Gasteiger partial charge < -0.3 is 4.90 Å². The van der Waals surface area contributed by atoms with E-state index in [0.29, 0.717) is 6.04 Å². The summed E-state index contributed by atoms with van der Waals surface area (Å²) in [5.41, 5.74) is 0. The van der Waals surface area contributed by atoms with Gasteiger partial charge in [-0.25, -0.2) is 0 Å². The first-order valence-electron chi connectivity index (χ1n) is 9.55. The van der Waals surface area contributed by atoms with Gasteiger partial charge in [0.25, 0.3) is 0 Å². The zero-order valence-electron chi connectivity index (χ0n) is 16.3. The van der Waals surface area contributed by atoms with E-state index >= 15 is 0 Å². The van der Waals surface area contributed by atoms with Gasteiger partial charge in [0, 0.05) is 12.6 Å². The van der Waals surface area contributed by atoms with Crippen LogP contribution in [0.25, 0.3) is 0 Å². The van der Waals surface area contributed by atoms with E-state index in [0.717, 1.165) is 23.7 Å². The monoisotopic (exact) mass is 297 g/mol.